The van der Waals surface area contributed by atoms with Crippen molar-refractivity contribution < 1.29 is 13.2 Å². The van der Waals surface area contributed by atoms with Gasteiger partial charge in [0.05, 0.1) is 5.75 Å². The van der Waals surface area contributed by atoms with Crippen LogP contribution in [0.25, 0.3) is 0 Å². The van der Waals surface area contributed by atoms with Crippen LogP contribution in [-0.4, -0.2) is 32.0 Å². The third-order valence-electron chi connectivity index (χ3n) is 3.46. The normalized spacial score (nSPS) is 11.1. The lowest BCUT2D eigenvalue weighted by atomic mass is 10.1. The number of nitrogens with zero attached hydrogens (tertiary/aromatic N) is 1. The highest BCUT2D eigenvalue weighted by Crippen LogP contribution is 2.15. The van der Waals surface area contributed by atoms with E-state index < -0.39 is 10.0 Å². The van der Waals surface area contributed by atoms with Gasteiger partial charge in [-0.2, -0.15) is 0 Å². The van der Waals surface area contributed by atoms with Gasteiger partial charge in [-0.25, -0.2) is 8.42 Å². The van der Waals surface area contributed by atoms with Crippen LogP contribution in [0, 0.1) is 0 Å². The van der Waals surface area contributed by atoms with Crippen LogP contribution in [0.3, 0.4) is 0 Å². The van der Waals surface area contributed by atoms with E-state index in [1.165, 1.54) is 0 Å². The highest BCUT2D eigenvalue weighted by Gasteiger charge is 2.14. The summed E-state index contributed by atoms with van der Waals surface area (Å²) in [5.74, 6) is -0.102. The topological polar surface area (TPSA) is 66.5 Å². The Hall–Kier alpha value is -2.34. The summed E-state index contributed by atoms with van der Waals surface area (Å²) in [6.45, 7) is 2.29. The highest BCUT2D eigenvalue weighted by atomic mass is 32.2. The van der Waals surface area contributed by atoms with Gasteiger partial charge in [0.15, 0.2) is 0 Å². The van der Waals surface area contributed by atoms with Crippen LogP contribution in [0.15, 0.2) is 54.6 Å². The number of anilines is 1. The van der Waals surface area contributed by atoms with Gasteiger partial charge in [0.2, 0.25) is 10.0 Å². The Balaban J connectivity index is 2.11. The van der Waals surface area contributed by atoms with Crippen LogP contribution in [0.2, 0.25) is 0 Å². The molecule has 0 aliphatic heterocycles. The summed E-state index contributed by atoms with van der Waals surface area (Å²) in [4.78, 5) is 14.1. The molecule has 0 bridgehead atoms. The Morgan fingerprint density at radius 2 is 1.79 bits per heavy atom. The van der Waals surface area contributed by atoms with E-state index in [2.05, 4.69) is 4.72 Å². The van der Waals surface area contributed by atoms with Gasteiger partial charge in [-0.1, -0.05) is 43.3 Å². The van der Waals surface area contributed by atoms with E-state index in [1.54, 1.807) is 43.1 Å². The molecule has 1 amide bonds. The van der Waals surface area contributed by atoms with Crippen molar-refractivity contribution in [2.24, 2.45) is 0 Å². The monoisotopic (exact) mass is 346 g/mol. The summed E-state index contributed by atoms with van der Waals surface area (Å²) in [6, 6.07) is 16.3. The first-order valence-corrected chi connectivity index (χ1v) is 9.46. The van der Waals surface area contributed by atoms with Crippen molar-refractivity contribution >= 4 is 21.6 Å². The Labute approximate surface area is 143 Å². The number of hydrogen-bond donors (Lipinski definition) is 1. The van der Waals surface area contributed by atoms with Crippen LogP contribution in [0.5, 0.6) is 0 Å². The molecule has 0 unspecified atom stereocenters. The minimum absolute atomic E-state index is 0.0546. The Morgan fingerprint density at radius 3 is 2.46 bits per heavy atom. The zero-order valence-electron chi connectivity index (χ0n) is 13.9. The number of carbonyl (C=O) groups is 1. The van der Waals surface area contributed by atoms with Crippen molar-refractivity contribution in [3.63, 3.8) is 0 Å². The number of amides is 1. The molecule has 0 aromatic heterocycles. The predicted molar refractivity (Wildman–Crippen MR) is 96.4 cm³/mol. The maximum Gasteiger partial charge on any atom is 0.253 e. The molecule has 6 heteroatoms. The third kappa shape index (κ3) is 5.09. The first-order valence-electron chi connectivity index (χ1n) is 7.81. The number of carbonyl (C=O) groups excluding carboxylic acids is 1. The van der Waals surface area contributed by atoms with Gasteiger partial charge < -0.3 is 4.90 Å². The summed E-state index contributed by atoms with van der Waals surface area (Å²) in [7, 11) is -1.65. The first-order chi connectivity index (χ1) is 11.4. The molecule has 0 heterocycles. The molecule has 0 spiro atoms. The SMILES string of the molecule is CCCS(=O)(=O)Nc1cccc(C(=O)N(C)Cc2ccccc2)c1. The maximum atomic E-state index is 12.5. The zero-order chi connectivity index (χ0) is 17.6. The Kier molecular flexibility index (Phi) is 5.98. The smallest absolute Gasteiger partial charge is 0.253 e. The van der Waals surface area contributed by atoms with Crippen LogP contribution in [0.4, 0.5) is 5.69 Å². The molecule has 2 aromatic carbocycles. The van der Waals surface area contributed by atoms with Crippen molar-refractivity contribution in [1.29, 1.82) is 0 Å². The van der Waals surface area contributed by atoms with Crippen molar-refractivity contribution in [3.05, 3.63) is 65.7 Å². The fourth-order valence-electron chi connectivity index (χ4n) is 2.36. The second-order valence-electron chi connectivity index (χ2n) is 5.65. The molecule has 5 nitrogen and oxygen atoms in total. The predicted octanol–water partition coefficient (Wildman–Crippen LogP) is 3.11. The van der Waals surface area contributed by atoms with Gasteiger partial charge in [0.25, 0.3) is 5.91 Å². The molecule has 24 heavy (non-hydrogen) atoms. The van der Waals surface area contributed by atoms with Crippen molar-refractivity contribution in [3.8, 4) is 0 Å². The number of nitrogens with one attached hydrogen (secondary N) is 1. The largest absolute Gasteiger partial charge is 0.337 e. The Bertz CT molecular complexity index is 789. The molecule has 0 saturated heterocycles. The molecule has 2 aromatic rings. The zero-order valence-corrected chi connectivity index (χ0v) is 14.7. The van der Waals surface area contributed by atoms with E-state index in [-0.39, 0.29) is 11.7 Å². The fourth-order valence-corrected chi connectivity index (χ4v) is 3.49. The van der Waals surface area contributed by atoms with E-state index in [1.807, 2.05) is 30.3 Å². The third-order valence-corrected chi connectivity index (χ3v) is 4.96. The second kappa shape index (κ2) is 7.97. The van der Waals surface area contributed by atoms with Crippen LogP contribution >= 0.6 is 0 Å². The van der Waals surface area contributed by atoms with Gasteiger partial charge in [-0.15, -0.1) is 0 Å². The molecule has 0 aliphatic carbocycles. The quantitative estimate of drug-likeness (QED) is 0.838. The molecule has 0 aliphatic rings. The number of rotatable bonds is 7. The summed E-state index contributed by atoms with van der Waals surface area (Å²) >= 11 is 0. The second-order valence-corrected chi connectivity index (χ2v) is 7.49. The number of benzene rings is 2. The van der Waals surface area contributed by atoms with E-state index in [4.69, 9.17) is 0 Å². The van der Waals surface area contributed by atoms with Gasteiger partial charge in [0.1, 0.15) is 0 Å². The summed E-state index contributed by atoms with van der Waals surface area (Å²) in [5, 5.41) is 0. The highest BCUT2D eigenvalue weighted by molar-refractivity contribution is 7.92. The fraction of sp³-hybridized carbons (Fsp3) is 0.278. The summed E-state index contributed by atoms with van der Waals surface area (Å²) in [5.41, 5.74) is 1.89. The lowest BCUT2D eigenvalue weighted by Gasteiger charge is -2.18. The minimum atomic E-state index is -3.37. The minimum Gasteiger partial charge on any atom is -0.337 e. The molecule has 0 radical (unpaired) electrons. The molecular formula is C18H22N2O3S. The number of hydrogen-bond acceptors (Lipinski definition) is 3. The molecular weight excluding hydrogens is 324 g/mol. The van der Waals surface area contributed by atoms with E-state index in [0.29, 0.717) is 24.2 Å². The van der Waals surface area contributed by atoms with Crippen LogP contribution < -0.4 is 4.72 Å². The molecule has 0 fully saturated rings. The molecule has 0 atom stereocenters. The summed E-state index contributed by atoms with van der Waals surface area (Å²) < 4.78 is 26.2. The van der Waals surface area contributed by atoms with E-state index in [9.17, 15) is 13.2 Å². The van der Waals surface area contributed by atoms with E-state index in [0.717, 1.165) is 5.56 Å². The van der Waals surface area contributed by atoms with Crippen molar-refractivity contribution in [2.45, 2.75) is 19.9 Å². The lowest BCUT2D eigenvalue weighted by molar-refractivity contribution is 0.0785. The lowest BCUT2D eigenvalue weighted by Crippen LogP contribution is -2.26. The number of sulfonamides is 1. The molecule has 2 rings (SSSR count). The maximum absolute atomic E-state index is 12.5. The van der Waals surface area contributed by atoms with Gasteiger partial charge in [-0.3, -0.25) is 9.52 Å². The average Bonchev–Trinajstić information content (AvgIpc) is 2.54. The van der Waals surface area contributed by atoms with Gasteiger partial charge in [-0.05, 0) is 30.2 Å². The Morgan fingerprint density at radius 1 is 1.08 bits per heavy atom. The summed E-state index contributed by atoms with van der Waals surface area (Å²) in [6.07, 6.45) is 0.535. The van der Waals surface area contributed by atoms with Gasteiger partial charge in [0, 0.05) is 24.8 Å². The molecule has 128 valence electrons. The average molecular weight is 346 g/mol. The van der Waals surface area contributed by atoms with Crippen LogP contribution in [0.1, 0.15) is 29.3 Å². The molecule has 0 saturated carbocycles. The standard InChI is InChI=1S/C18H22N2O3S/c1-3-12-24(22,23)19-17-11-7-10-16(13-17)18(21)20(2)14-15-8-5-4-6-9-15/h4-11,13,19H,3,12,14H2,1-2H3. The van der Waals surface area contributed by atoms with Crippen molar-refractivity contribution in [1.82, 2.24) is 4.90 Å². The van der Waals surface area contributed by atoms with Gasteiger partial charge >= 0.3 is 0 Å². The van der Waals surface area contributed by atoms with E-state index >= 15 is 0 Å². The van der Waals surface area contributed by atoms with Crippen LogP contribution in [-0.2, 0) is 16.6 Å². The first kappa shape index (κ1) is 18.0. The van der Waals surface area contributed by atoms with Crippen molar-refractivity contribution in [2.75, 3.05) is 17.5 Å². The molecule has 1 N–H and O–H groups in total.